The van der Waals surface area contributed by atoms with Gasteiger partial charge in [0.15, 0.2) is 0 Å². The van der Waals surface area contributed by atoms with Crippen molar-refractivity contribution >= 4 is 16.7 Å². The number of H-pyrrole nitrogens is 1. The van der Waals surface area contributed by atoms with Crippen LogP contribution in [0.15, 0.2) is 53.3 Å². The molecule has 1 heterocycles. The highest BCUT2D eigenvalue weighted by Gasteiger charge is 2.20. The molecule has 4 nitrogen and oxygen atoms in total. The van der Waals surface area contributed by atoms with Crippen molar-refractivity contribution in [2.45, 2.75) is 19.8 Å². The molecule has 0 amide bonds. The van der Waals surface area contributed by atoms with Crippen LogP contribution in [0.3, 0.4) is 0 Å². The fourth-order valence-corrected chi connectivity index (χ4v) is 2.60. The van der Waals surface area contributed by atoms with Crippen molar-refractivity contribution in [3.63, 3.8) is 0 Å². The zero-order chi connectivity index (χ0) is 16.6. The Kier molecular flexibility index (Phi) is 3.74. The van der Waals surface area contributed by atoms with Crippen LogP contribution in [0.2, 0.25) is 0 Å². The Hall–Kier alpha value is -2.88. The molecule has 4 heteroatoms. The van der Waals surface area contributed by atoms with Crippen molar-refractivity contribution < 1.29 is 9.90 Å². The van der Waals surface area contributed by atoms with E-state index >= 15 is 0 Å². The van der Waals surface area contributed by atoms with Crippen LogP contribution in [0.25, 0.3) is 10.9 Å². The molecule has 0 saturated heterocycles. The quantitative estimate of drug-likeness (QED) is 0.726. The third-order valence-electron chi connectivity index (χ3n) is 3.94. The summed E-state index contributed by atoms with van der Waals surface area (Å²) in [5, 5.41) is 11.0. The van der Waals surface area contributed by atoms with E-state index in [4.69, 9.17) is 0 Å². The van der Waals surface area contributed by atoms with Crippen molar-refractivity contribution in [2.75, 3.05) is 0 Å². The summed E-state index contributed by atoms with van der Waals surface area (Å²) in [6.45, 7) is 4.08. The largest absolute Gasteiger partial charge is 0.506 e. The summed E-state index contributed by atoms with van der Waals surface area (Å²) in [5.41, 5.74) is 1.11. The minimum absolute atomic E-state index is 0.218. The second kappa shape index (κ2) is 5.72. The number of aromatic nitrogens is 1. The van der Waals surface area contributed by atoms with E-state index in [1.807, 2.05) is 26.0 Å². The molecule has 0 bridgehead atoms. The third kappa shape index (κ3) is 2.63. The lowest BCUT2D eigenvalue weighted by Gasteiger charge is -2.10. The molecule has 3 rings (SSSR count). The second-order valence-electron chi connectivity index (χ2n) is 5.83. The number of hydrogen-bond acceptors (Lipinski definition) is 3. The van der Waals surface area contributed by atoms with Gasteiger partial charge in [0.05, 0.1) is 5.52 Å². The lowest BCUT2D eigenvalue weighted by Crippen LogP contribution is -2.18. The highest BCUT2D eigenvalue weighted by Crippen LogP contribution is 2.29. The van der Waals surface area contributed by atoms with Gasteiger partial charge in [0.2, 0.25) is 5.78 Å². The van der Waals surface area contributed by atoms with Gasteiger partial charge in [0.25, 0.3) is 5.56 Å². The molecule has 0 radical (unpaired) electrons. The maximum absolute atomic E-state index is 12.6. The molecule has 0 saturated carbocycles. The molecule has 2 aromatic carbocycles. The van der Waals surface area contributed by atoms with Gasteiger partial charge in [-0.25, -0.2) is 0 Å². The monoisotopic (exact) mass is 307 g/mol. The number of ketones is 1. The van der Waals surface area contributed by atoms with E-state index in [-0.39, 0.29) is 17.2 Å². The van der Waals surface area contributed by atoms with Gasteiger partial charge in [-0.1, -0.05) is 50.2 Å². The fraction of sp³-hybridized carbons (Fsp3) is 0.158. The van der Waals surface area contributed by atoms with E-state index in [1.54, 1.807) is 36.4 Å². The summed E-state index contributed by atoms with van der Waals surface area (Å²) in [6, 6.07) is 13.9. The van der Waals surface area contributed by atoms with Crippen LogP contribution in [-0.2, 0) is 0 Å². The van der Waals surface area contributed by atoms with E-state index in [0.717, 1.165) is 5.56 Å². The maximum atomic E-state index is 12.6. The van der Waals surface area contributed by atoms with Gasteiger partial charge >= 0.3 is 0 Å². The molecule has 0 atom stereocenters. The molecule has 116 valence electrons. The van der Waals surface area contributed by atoms with Crippen LogP contribution in [-0.4, -0.2) is 15.9 Å². The van der Waals surface area contributed by atoms with Gasteiger partial charge in [0, 0.05) is 10.9 Å². The summed E-state index contributed by atoms with van der Waals surface area (Å²) in [7, 11) is 0. The Morgan fingerprint density at radius 3 is 2.43 bits per heavy atom. The Labute approximate surface area is 133 Å². The second-order valence-corrected chi connectivity index (χ2v) is 5.83. The number of carbonyl (C=O) groups excluding carboxylic acids is 1. The molecule has 23 heavy (non-hydrogen) atoms. The number of aromatic amines is 1. The standard InChI is InChI=1S/C19H17NO3/c1-11(2)13-8-9-15-14(10-13)18(22)16(19(23)20-15)17(21)12-6-4-3-5-7-12/h3-11H,1-2H3,(H2,20,22,23). The predicted molar refractivity (Wildman–Crippen MR) is 90.2 cm³/mol. The first-order chi connectivity index (χ1) is 11.0. The molecule has 3 aromatic rings. The van der Waals surface area contributed by atoms with Gasteiger partial charge < -0.3 is 10.1 Å². The molecule has 1 aromatic heterocycles. The minimum atomic E-state index is -0.582. The molecule has 0 aliphatic carbocycles. The molecule has 0 fully saturated rings. The molecule has 2 N–H and O–H groups in total. The van der Waals surface area contributed by atoms with Gasteiger partial charge in [-0.2, -0.15) is 0 Å². The molecule has 0 spiro atoms. The van der Waals surface area contributed by atoms with Crippen LogP contribution < -0.4 is 5.56 Å². The highest BCUT2D eigenvalue weighted by atomic mass is 16.3. The Bertz CT molecular complexity index is 940. The smallest absolute Gasteiger partial charge is 0.263 e. The normalized spacial score (nSPS) is 11.1. The summed E-state index contributed by atoms with van der Waals surface area (Å²) < 4.78 is 0. The average molecular weight is 307 g/mol. The van der Waals surface area contributed by atoms with Crippen LogP contribution in [0, 0.1) is 0 Å². The lowest BCUT2D eigenvalue weighted by molar-refractivity contribution is 0.103. The first kappa shape index (κ1) is 15.0. The van der Waals surface area contributed by atoms with E-state index in [0.29, 0.717) is 16.5 Å². The number of carbonyl (C=O) groups is 1. The Morgan fingerprint density at radius 1 is 1.09 bits per heavy atom. The number of benzene rings is 2. The predicted octanol–water partition coefficient (Wildman–Crippen LogP) is 3.59. The zero-order valence-electron chi connectivity index (χ0n) is 13.0. The van der Waals surface area contributed by atoms with Crippen molar-refractivity contribution in [3.8, 4) is 5.75 Å². The van der Waals surface area contributed by atoms with Crippen LogP contribution in [0.5, 0.6) is 5.75 Å². The van der Waals surface area contributed by atoms with Crippen LogP contribution in [0.1, 0.15) is 41.3 Å². The molecule has 0 unspecified atom stereocenters. The third-order valence-corrected chi connectivity index (χ3v) is 3.94. The fourth-order valence-electron chi connectivity index (χ4n) is 2.60. The lowest BCUT2D eigenvalue weighted by atomic mass is 9.98. The van der Waals surface area contributed by atoms with Crippen molar-refractivity contribution in [1.29, 1.82) is 0 Å². The Morgan fingerprint density at radius 2 is 1.78 bits per heavy atom. The van der Waals surface area contributed by atoms with Crippen LogP contribution in [0.4, 0.5) is 0 Å². The number of pyridine rings is 1. The van der Waals surface area contributed by atoms with Gasteiger partial charge in [-0.3, -0.25) is 9.59 Å². The van der Waals surface area contributed by atoms with E-state index in [1.165, 1.54) is 0 Å². The SMILES string of the molecule is CC(C)c1ccc2[nH]c(=O)c(C(=O)c3ccccc3)c(O)c2c1. The first-order valence-corrected chi connectivity index (χ1v) is 7.47. The average Bonchev–Trinajstić information content (AvgIpc) is 2.55. The van der Waals surface area contributed by atoms with Gasteiger partial charge in [-0.05, 0) is 23.6 Å². The number of nitrogens with one attached hydrogen (secondary N) is 1. The van der Waals surface area contributed by atoms with Crippen molar-refractivity contribution in [3.05, 3.63) is 75.6 Å². The van der Waals surface area contributed by atoms with E-state index in [2.05, 4.69) is 4.98 Å². The van der Waals surface area contributed by atoms with E-state index in [9.17, 15) is 14.7 Å². The zero-order valence-corrected chi connectivity index (χ0v) is 13.0. The van der Waals surface area contributed by atoms with Crippen molar-refractivity contribution in [2.24, 2.45) is 0 Å². The number of hydrogen-bond donors (Lipinski definition) is 2. The van der Waals surface area contributed by atoms with Crippen LogP contribution >= 0.6 is 0 Å². The maximum Gasteiger partial charge on any atom is 0.263 e. The van der Waals surface area contributed by atoms with E-state index < -0.39 is 11.3 Å². The van der Waals surface area contributed by atoms with Gasteiger partial charge in [-0.15, -0.1) is 0 Å². The molecular weight excluding hydrogens is 290 g/mol. The number of rotatable bonds is 3. The summed E-state index contributed by atoms with van der Waals surface area (Å²) in [4.78, 5) is 27.5. The Balaban J connectivity index is 2.25. The minimum Gasteiger partial charge on any atom is -0.506 e. The number of aromatic hydroxyl groups is 1. The summed E-state index contributed by atoms with van der Waals surface area (Å²) in [5.74, 6) is -0.472. The van der Waals surface area contributed by atoms with Gasteiger partial charge in [0.1, 0.15) is 11.3 Å². The topological polar surface area (TPSA) is 70.2 Å². The molecule has 0 aliphatic rings. The first-order valence-electron chi connectivity index (χ1n) is 7.47. The number of fused-ring (bicyclic) bond motifs is 1. The summed E-state index contributed by atoms with van der Waals surface area (Å²) >= 11 is 0. The van der Waals surface area contributed by atoms with Crippen molar-refractivity contribution in [1.82, 2.24) is 4.98 Å². The summed E-state index contributed by atoms with van der Waals surface area (Å²) in [6.07, 6.45) is 0. The molecular formula is C19H17NO3. The highest BCUT2D eigenvalue weighted by molar-refractivity contribution is 6.12. The molecule has 0 aliphatic heterocycles.